The summed E-state index contributed by atoms with van der Waals surface area (Å²) in [7, 11) is 1.75. The van der Waals surface area contributed by atoms with E-state index in [1.165, 1.54) is 18.2 Å². The van der Waals surface area contributed by atoms with E-state index in [9.17, 15) is 9.59 Å². The lowest BCUT2D eigenvalue weighted by atomic mass is 9.78. The van der Waals surface area contributed by atoms with E-state index in [2.05, 4.69) is 19.2 Å². The van der Waals surface area contributed by atoms with Crippen molar-refractivity contribution >= 4 is 46.9 Å². The number of fused-ring (bicyclic) bond motifs is 1. The van der Waals surface area contributed by atoms with Crippen molar-refractivity contribution in [1.82, 2.24) is 5.32 Å². The number of hydrogen-bond acceptors (Lipinski definition) is 3. The first-order valence-corrected chi connectivity index (χ1v) is 11.9. The van der Waals surface area contributed by atoms with Crippen LogP contribution in [0.25, 0.3) is 6.08 Å². The molecule has 4 nitrogen and oxygen atoms in total. The van der Waals surface area contributed by atoms with E-state index in [1.54, 1.807) is 11.9 Å². The zero-order valence-corrected chi connectivity index (χ0v) is 19.6. The highest BCUT2D eigenvalue weighted by atomic mass is 35.5. The van der Waals surface area contributed by atoms with Crippen molar-refractivity contribution in [2.75, 3.05) is 11.9 Å². The molecule has 0 bridgehead atoms. The number of rotatable bonds is 3. The summed E-state index contributed by atoms with van der Waals surface area (Å²) in [5.74, 6) is 0.923. The van der Waals surface area contributed by atoms with Gasteiger partial charge in [0.25, 0.3) is 11.8 Å². The Hall–Kier alpha value is -2.24. The molecule has 2 aromatic carbocycles. The van der Waals surface area contributed by atoms with Crippen LogP contribution in [0.2, 0.25) is 5.02 Å². The summed E-state index contributed by atoms with van der Waals surface area (Å²) in [5.41, 5.74) is 2.23. The average molecular weight is 455 g/mol. The topological polar surface area (TPSA) is 49.4 Å². The Morgan fingerprint density at radius 3 is 2.77 bits per heavy atom. The highest BCUT2D eigenvalue weighted by Crippen LogP contribution is 2.42. The highest BCUT2D eigenvalue weighted by Gasteiger charge is 2.30. The van der Waals surface area contributed by atoms with Crippen molar-refractivity contribution in [2.45, 2.75) is 44.0 Å². The van der Waals surface area contributed by atoms with Gasteiger partial charge in [0.1, 0.15) is 0 Å². The van der Waals surface area contributed by atoms with Gasteiger partial charge in [0.2, 0.25) is 0 Å². The number of likely N-dealkylation sites (N-methyl/N-ethyl adjacent to an activating group) is 1. The van der Waals surface area contributed by atoms with Crippen molar-refractivity contribution in [3.8, 4) is 0 Å². The molecule has 2 aromatic rings. The molecule has 2 aliphatic rings. The number of carbonyl (C=O) groups excluding carboxylic acids is 2. The van der Waals surface area contributed by atoms with E-state index >= 15 is 0 Å². The van der Waals surface area contributed by atoms with Crippen LogP contribution in [0, 0.1) is 11.8 Å². The molecule has 1 aliphatic heterocycles. The molecule has 0 saturated heterocycles. The Morgan fingerprint density at radius 2 is 2.00 bits per heavy atom. The van der Waals surface area contributed by atoms with Gasteiger partial charge < -0.3 is 10.2 Å². The molecule has 3 atom stereocenters. The van der Waals surface area contributed by atoms with Gasteiger partial charge in [-0.15, -0.1) is 0 Å². The Kier molecular flexibility index (Phi) is 6.44. The van der Waals surface area contributed by atoms with Gasteiger partial charge in [-0.05, 0) is 60.2 Å². The smallest absolute Gasteiger partial charge is 0.264 e. The molecule has 4 rings (SSSR count). The SMILES string of the molecule is C[C@H]1[C@H](C)CCC[C@@H]1NC(=O)c1ccc2c(c1)N(C)C(=O)/C(=C/c1cccc(Cl)c1)S2. The number of amides is 2. The van der Waals surface area contributed by atoms with Gasteiger partial charge in [0.15, 0.2) is 0 Å². The molecule has 0 spiro atoms. The van der Waals surface area contributed by atoms with Gasteiger partial charge in [-0.25, -0.2) is 0 Å². The van der Waals surface area contributed by atoms with Crippen LogP contribution in [0.1, 0.15) is 49.0 Å². The van der Waals surface area contributed by atoms with Crippen LogP contribution in [0.5, 0.6) is 0 Å². The Balaban J connectivity index is 1.55. The summed E-state index contributed by atoms with van der Waals surface area (Å²) in [6, 6.07) is 13.2. The number of halogens is 1. The predicted molar refractivity (Wildman–Crippen MR) is 129 cm³/mol. The second kappa shape index (κ2) is 9.09. The molecule has 1 fully saturated rings. The molecule has 0 radical (unpaired) electrons. The maximum atomic E-state index is 13.0. The highest BCUT2D eigenvalue weighted by molar-refractivity contribution is 8.04. The van der Waals surface area contributed by atoms with Crippen molar-refractivity contribution < 1.29 is 9.59 Å². The summed E-state index contributed by atoms with van der Waals surface area (Å²) in [5, 5.41) is 3.85. The standard InChI is InChI=1S/C25H27ClN2O2S/c1-15-6-4-9-20(16(15)2)27-24(29)18-10-11-22-21(14-18)28(3)25(30)23(31-22)13-17-7-5-8-19(26)12-17/h5,7-8,10-16,20H,4,6,9H2,1-3H3,(H,27,29)/b23-13-/t15-,16+,20+/m1/s1. The maximum Gasteiger partial charge on any atom is 0.264 e. The van der Waals surface area contributed by atoms with Gasteiger partial charge in [-0.3, -0.25) is 9.59 Å². The molecule has 0 aromatic heterocycles. The predicted octanol–water partition coefficient (Wildman–Crippen LogP) is 6.00. The fourth-order valence-corrected chi connectivity index (χ4v) is 5.61. The largest absolute Gasteiger partial charge is 0.349 e. The van der Waals surface area contributed by atoms with Gasteiger partial charge in [0, 0.05) is 28.6 Å². The Labute approximate surface area is 193 Å². The van der Waals surface area contributed by atoms with E-state index in [-0.39, 0.29) is 17.9 Å². The van der Waals surface area contributed by atoms with E-state index in [4.69, 9.17) is 11.6 Å². The third kappa shape index (κ3) is 4.68. The summed E-state index contributed by atoms with van der Waals surface area (Å²) in [4.78, 5) is 29.1. The lowest BCUT2D eigenvalue weighted by molar-refractivity contribution is -0.114. The van der Waals surface area contributed by atoms with Crippen molar-refractivity contribution in [1.29, 1.82) is 0 Å². The number of benzene rings is 2. The normalized spacial score (nSPS) is 24.8. The minimum Gasteiger partial charge on any atom is -0.349 e. The quantitative estimate of drug-likeness (QED) is 0.578. The van der Waals surface area contributed by atoms with Gasteiger partial charge in [-0.1, -0.05) is 62.2 Å². The van der Waals surface area contributed by atoms with Crippen LogP contribution in [0.15, 0.2) is 52.3 Å². The molecule has 31 heavy (non-hydrogen) atoms. The summed E-state index contributed by atoms with van der Waals surface area (Å²) >= 11 is 7.49. The third-order valence-electron chi connectivity index (χ3n) is 6.49. The molecule has 1 saturated carbocycles. The first-order valence-electron chi connectivity index (χ1n) is 10.7. The molecule has 1 heterocycles. The van der Waals surface area contributed by atoms with Crippen LogP contribution in [-0.2, 0) is 4.79 Å². The van der Waals surface area contributed by atoms with E-state index in [1.807, 2.05) is 48.5 Å². The fourth-order valence-electron chi connectivity index (χ4n) is 4.32. The first-order chi connectivity index (χ1) is 14.8. The number of nitrogens with one attached hydrogen (secondary N) is 1. The monoisotopic (exact) mass is 454 g/mol. The number of carbonyl (C=O) groups is 2. The average Bonchev–Trinajstić information content (AvgIpc) is 2.75. The maximum absolute atomic E-state index is 13.0. The van der Waals surface area contributed by atoms with E-state index < -0.39 is 0 Å². The zero-order valence-electron chi connectivity index (χ0n) is 18.0. The molecular formula is C25H27ClN2O2S. The lowest BCUT2D eigenvalue weighted by Crippen LogP contribution is -2.43. The Morgan fingerprint density at radius 1 is 1.19 bits per heavy atom. The van der Waals surface area contributed by atoms with Crippen molar-refractivity contribution in [3.63, 3.8) is 0 Å². The lowest BCUT2D eigenvalue weighted by Gasteiger charge is -2.34. The zero-order chi connectivity index (χ0) is 22.1. The van der Waals surface area contributed by atoms with Crippen LogP contribution < -0.4 is 10.2 Å². The fraction of sp³-hybridized carbons (Fsp3) is 0.360. The minimum absolute atomic E-state index is 0.0696. The minimum atomic E-state index is -0.0928. The second-order valence-electron chi connectivity index (χ2n) is 8.56. The van der Waals surface area contributed by atoms with Crippen molar-refractivity contribution in [3.05, 3.63) is 63.5 Å². The summed E-state index contributed by atoms with van der Waals surface area (Å²) in [6.07, 6.45) is 5.25. The molecule has 2 amide bonds. The van der Waals surface area contributed by atoms with Crippen LogP contribution in [-0.4, -0.2) is 24.9 Å². The number of thioether (sulfide) groups is 1. The molecule has 0 unspecified atom stereocenters. The van der Waals surface area contributed by atoms with E-state index in [0.29, 0.717) is 27.3 Å². The van der Waals surface area contributed by atoms with Crippen LogP contribution in [0.4, 0.5) is 5.69 Å². The molecule has 162 valence electrons. The summed E-state index contributed by atoms with van der Waals surface area (Å²) < 4.78 is 0. The van der Waals surface area contributed by atoms with E-state index in [0.717, 1.165) is 29.0 Å². The summed E-state index contributed by atoms with van der Waals surface area (Å²) in [6.45, 7) is 4.48. The molecular weight excluding hydrogens is 428 g/mol. The van der Waals surface area contributed by atoms with Gasteiger partial charge in [0.05, 0.1) is 10.6 Å². The number of anilines is 1. The molecule has 1 N–H and O–H groups in total. The van der Waals surface area contributed by atoms with Crippen LogP contribution in [0.3, 0.4) is 0 Å². The van der Waals surface area contributed by atoms with Crippen molar-refractivity contribution in [2.24, 2.45) is 11.8 Å². The number of hydrogen-bond donors (Lipinski definition) is 1. The number of nitrogens with zero attached hydrogens (tertiary/aromatic N) is 1. The van der Waals surface area contributed by atoms with Gasteiger partial charge in [-0.2, -0.15) is 0 Å². The Bertz CT molecular complexity index is 1050. The second-order valence-corrected chi connectivity index (χ2v) is 10.1. The molecule has 1 aliphatic carbocycles. The van der Waals surface area contributed by atoms with Crippen LogP contribution >= 0.6 is 23.4 Å². The third-order valence-corrected chi connectivity index (χ3v) is 7.80. The first kappa shape index (κ1) is 22.0. The molecule has 6 heteroatoms. The van der Waals surface area contributed by atoms with Gasteiger partial charge >= 0.3 is 0 Å².